The highest BCUT2D eigenvalue weighted by Gasteiger charge is 2.27. The van der Waals surface area contributed by atoms with Gasteiger partial charge in [0.15, 0.2) is 0 Å². The average molecular weight is 307 g/mol. The zero-order chi connectivity index (χ0) is 15.6. The molecule has 1 heterocycles. The van der Waals surface area contributed by atoms with Gasteiger partial charge in [0.05, 0.1) is 12.2 Å². The predicted octanol–water partition coefficient (Wildman–Crippen LogP) is 3.15. The van der Waals surface area contributed by atoms with Crippen molar-refractivity contribution in [2.45, 2.75) is 32.0 Å². The van der Waals surface area contributed by atoms with Crippen molar-refractivity contribution in [3.63, 3.8) is 0 Å². The highest BCUT2D eigenvalue weighted by molar-refractivity contribution is 6.31. The number of nitrogens with zero attached hydrogens (tertiary/aromatic N) is 3. The quantitative estimate of drug-likeness (QED) is 0.923. The van der Waals surface area contributed by atoms with Crippen molar-refractivity contribution in [1.29, 1.82) is 0 Å². The first-order valence-corrected chi connectivity index (χ1v) is 7.50. The van der Waals surface area contributed by atoms with E-state index in [2.05, 4.69) is 30.0 Å². The molecule has 0 aliphatic rings. The molecule has 114 valence electrons. The third-order valence-electron chi connectivity index (χ3n) is 3.97. The van der Waals surface area contributed by atoms with Gasteiger partial charge in [-0.15, -0.1) is 0 Å². The molecule has 0 saturated carbocycles. The first-order chi connectivity index (χ1) is 9.91. The van der Waals surface area contributed by atoms with Crippen LogP contribution in [0.1, 0.15) is 37.1 Å². The van der Waals surface area contributed by atoms with Crippen LogP contribution in [0.3, 0.4) is 0 Å². The van der Waals surface area contributed by atoms with Crippen LogP contribution in [0.25, 0.3) is 0 Å². The third-order valence-corrected chi connectivity index (χ3v) is 4.31. The van der Waals surface area contributed by atoms with Crippen molar-refractivity contribution < 1.29 is 0 Å². The Kier molecular flexibility index (Phi) is 5.04. The normalized spacial score (nSPS) is 16.0. The summed E-state index contributed by atoms with van der Waals surface area (Å²) >= 11 is 6.32. The molecule has 0 aliphatic heterocycles. The molecule has 0 fully saturated rings. The van der Waals surface area contributed by atoms with E-state index in [1.807, 2.05) is 44.6 Å². The van der Waals surface area contributed by atoms with Crippen LogP contribution in [0, 0.1) is 0 Å². The number of nitrogens with two attached hydrogens (primary N) is 1. The molecular formula is C16H23ClN4. The van der Waals surface area contributed by atoms with Gasteiger partial charge < -0.3 is 5.73 Å². The lowest BCUT2D eigenvalue weighted by Crippen LogP contribution is -2.38. The summed E-state index contributed by atoms with van der Waals surface area (Å²) in [5, 5.41) is 5.04. The van der Waals surface area contributed by atoms with Crippen molar-refractivity contribution in [1.82, 2.24) is 14.7 Å². The maximum atomic E-state index is 6.32. The molecule has 1 aromatic carbocycles. The Hall–Kier alpha value is -1.36. The Morgan fingerprint density at radius 2 is 1.95 bits per heavy atom. The van der Waals surface area contributed by atoms with Gasteiger partial charge in [-0.05, 0) is 32.5 Å². The van der Waals surface area contributed by atoms with Crippen LogP contribution < -0.4 is 5.73 Å². The number of aryl methyl sites for hydroxylation is 1. The van der Waals surface area contributed by atoms with E-state index in [0.29, 0.717) is 0 Å². The topological polar surface area (TPSA) is 47.1 Å². The zero-order valence-electron chi connectivity index (χ0n) is 13.0. The Morgan fingerprint density at radius 3 is 2.48 bits per heavy atom. The fourth-order valence-corrected chi connectivity index (χ4v) is 3.07. The predicted molar refractivity (Wildman–Crippen MR) is 87.2 cm³/mol. The molecular weight excluding hydrogens is 284 g/mol. The SMILES string of the molecule is CC(N)C(c1cnn(C)c1)N(C)C(C)c1ccccc1Cl. The van der Waals surface area contributed by atoms with Gasteiger partial charge in [-0.1, -0.05) is 29.8 Å². The van der Waals surface area contributed by atoms with E-state index in [1.54, 1.807) is 4.68 Å². The number of aromatic nitrogens is 2. The maximum Gasteiger partial charge on any atom is 0.0538 e. The summed E-state index contributed by atoms with van der Waals surface area (Å²) in [6.07, 6.45) is 3.90. The summed E-state index contributed by atoms with van der Waals surface area (Å²) in [5.74, 6) is 0. The second-order valence-electron chi connectivity index (χ2n) is 5.61. The van der Waals surface area contributed by atoms with Crippen LogP contribution in [0.5, 0.6) is 0 Å². The minimum Gasteiger partial charge on any atom is -0.326 e. The van der Waals surface area contributed by atoms with Crippen LogP contribution in [0.4, 0.5) is 0 Å². The van der Waals surface area contributed by atoms with Crippen molar-refractivity contribution >= 4 is 11.6 Å². The Balaban J connectivity index is 2.31. The lowest BCUT2D eigenvalue weighted by atomic mass is 9.98. The van der Waals surface area contributed by atoms with E-state index in [9.17, 15) is 0 Å². The summed E-state index contributed by atoms with van der Waals surface area (Å²) in [6.45, 7) is 4.17. The smallest absolute Gasteiger partial charge is 0.0538 e. The van der Waals surface area contributed by atoms with Gasteiger partial charge in [0.2, 0.25) is 0 Å². The van der Waals surface area contributed by atoms with Crippen molar-refractivity contribution in [2.75, 3.05) is 7.05 Å². The number of likely N-dealkylation sites (N-methyl/N-ethyl adjacent to an activating group) is 1. The molecule has 0 amide bonds. The molecule has 0 bridgehead atoms. The van der Waals surface area contributed by atoms with Crippen LogP contribution in [0.2, 0.25) is 5.02 Å². The number of benzene rings is 1. The number of hydrogen-bond acceptors (Lipinski definition) is 3. The molecule has 0 radical (unpaired) electrons. The Labute approximate surface area is 131 Å². The van der Waals surface area contributed by atoms with Crippen molar-refractivity contribution in [3.8, 4) is 0 Å². The van der Waals surface area contributed by atoms with Crippen LogP contribution in [-0.2, 0) is 7.05 Å². The molecule has 1 aromatic heterocycles. The van der Waals surface area contributed by atoms with E-state index in [-0.39, 0.29) is 18.1 Å². The van der Waals surface area contributed by atoms with Crippen LogP contribution in [0.15, 0.2) is 36.7 Å². The Morgan fingerprint density at radius 1 is 1.29 bits per heavy atom. The molecule has 2 N–H and O–H groups in total. The molecule has 0 aliphatic carbocycles. The van der Waals surface area contributed by atoms with Gasteiger partial charge in [-0.2, -0.15) is 5.10 Å². The van der Waals surface area contributed by atoms with Gasteiger partial charge in [0, 0.05) is 35.9 Å². The molecule has 3 unspecified atom stereocenters. The highest BCUT2D eigenvalue weighted by atomic mass is 35.5. The summed E-state index contributed by atoms with van der Waals surface area (Å²) in [4.78, 5) is 2.25. The highest BCUT2D eigenvalue weighted by Crippen LogP contribution is 2.33. The van der Waals surface area contributed by atoms with E-state index < -0.39 is 0 Å². The minimum absolute atomic E-state index is 0.0101. The zero-order valence-corrected chi connectivity index (χ0v) is 13.7. The molecule has 21 heavy (non-hydrogen) atoms. The van der Waals surface area contributed by atoms with E-state index in [4.69, 9.17) is 17.3 Å². The first kappa shape index (κ1) is 16.0. The molecule has 0 saturated heterocycles. The van der Waals surface area contributed by atoms with E-state index >= 15 is 0 Å². The maximum absolute atomic E-state index is 6.32. The van der Waals surface area contributed by atoms with Crippen LogP contribution >= 0.6 is 11.6 Å². The molecule has 2 rings (SSSR count). The minimum atomic E-state index is -0.0101. The number of rotatable bonds is 5. The molecule has 2 aromatic rings. The summed E-state index contributed by atoms with van der Waals surface area (Å²) in [5.41, 5.74) is 8.45. The number of hydrogen-bond donors (Lipinski definition) is 1. The largest absolute Gasteiger partial charge is 0.326 e. The van der Waals surface area contributed by atoms with Crippen molar-refractivity contribution in [2.24, 2.45) is 12.8 Å². The summed E-state index contributed by atoms with van der Waals surface area (Å²) in [6, 6.07) is 8.18. The van der Waals surface area contributed by atoms with Gasteiger partial charge in [0.1, 0.15) is 0 Å². The van der Waals surface area contributed by atoms with E-state index in [1.165, 1.54) is 0 Å². The standard InChI is InChI=1S/C16H23ClN4/c1-11(18)16(13-9-19-20(3)10-13)21(4)12(2)14-7-5-6-8-15(14)17/h5-12,16H,18H2,1-4H3. The lowest BCUT2D eigenvalue weighted by Gasteiger charge is -2.35. The average Bonchev–Trinajstić information content (AvgIpc) is 2.84. The van der Waals surface area contributed by atoms with Crippen LogP contribution in [-0.4, -0.2) is 27.8 Å². The summed E-state index contributed by atoms with van der Waals surface area (Å²) in [7, 11) is 3.99. The monoisotopic (exact) mass is 306 g/mol. The second-order valence-corrected chi connectivity index (χ2v) is 6.02. The van der Waals surface area contributed by atoms with E-state index in [0.717, 1.165) is 16.1 Å². The molecule has 0 spiro atoms. The molecule has 3 atom stereocenters. The fraction of sp³-hybridized carbons (Fsp3) is 0.438. The second kappa shape index (κ2) is 6.60. The Bertz CT molecular complexity index is 593. The van der Waals surface area contributed by atoms with Gasteiger partial charge in [-0.25, -0.2) is 0 Å². The fourth-order valence-electron chi connectivity index (χ4n) is 2.78. The van der Waals surface area contributed by atoms with Gasteiger partial charge in [0.25, 0.3) is 0 Å². The number of halogens is 1. The molecule has 4 nitrogen and oxygen atoms in total. The lowest BCUT2D eigenvalue weighted by molar-refractivity contribution is 0.166. The first-order valence-electron chi connectivity index (χ1n) is 7.12. The molecule has 5 heteroatoms. The van der Waals surface area contributed by atoms with Gasteiger partial charge in [-0.3, -0.25) is 9.58 Å². The summed E-state index contributed by atoms with van der Waals surface area (Å²) < 4.78 is 1.80. The van der Waals surface area contributed by atoms with Crippen molar-refractivity contribution in [3.05, 3.63) is 52.8 Å². The van der Waals surface area contributed by atoms with Gasteiger partial charge >= 0.3 is 0 Å². The third kappa shape index (κ3) is 3.46.